The number of hydrogen-bond donors (Lipinski definition) is 5. The number of carbonyl (C=O) groups excluding carboxylic acids is 2. The third-order valence-electron chi connectivity index (χ3n) is 4.62. The van der Waals surface area contributed by atoms with Crippen LogP contribution in [0.5, 0.6) is 0 Å². The number of benzene rings is 2. The van der Waals surface area contributed by atoms with E-state index in [4.69, 9.17) is 5.11 Å². The van der Waals surface area contributed by atoms with E-state index in [9.17, 15) is 14.4 Å². The highest BCUT2D eigenvalue weighted by molar-refractivity contribution is 6.08. The third kappa shape index (κ3) is 7.06. The molecular formula is C24H25N5O4. The topological polar surface area (TPSA) is 132 Å². The maximum absolute atomic E-state index is 13.0. The summed E-state index contributed by atoms with van der Waals surface area (Å²) >= 11 is 0. The Hall–Kier alpha value is -4.40. The molecule has 170 valence electrons. The van der Waals surface area contributed by atoms with E-state index in [1.165, 1.54) is 6.20 Å². The van der Waals surface area contributed by atoms with Gasteiger partial charge in [-0.05, 0) is 43.2 Å². The molecule has 1 heterocycles. The van der Waals surface area contributed by atoms with Crippen LogP contribution in [0.1, 0.15) is 29.3 Å². The lowest BCUT2D eigenvalue weighted by Gasteiger charge is -2.14. The van der Waals surface area contributed by atoms with Crippen LogP contribution < -0.4 is 21.3 Å². The molecule has 0 aliphatic heterocycles. The molecule has 3 rings (SSSR count). The van der Waals surface area contributed by atoms with E-state index in [-0.39, 0.29) is 17.9 Å². The van der Waals surface area contributed by atoms with Gasteiger partial charge in [0.05, 0.1) is 11.3 Å². The Kier molecular flexibility index (Phi) is 7.96. The lowest BCUT2D eigenvalue weighted by atomic mass is 10.1. The Labute approximate surface area is 191 Å². The van der Waals surface area contributed by atoms with Crippen LogP contribution in [0.2, 0.25) is 0 Å². The monoisotopic (exact) mass is 447 g/mol. The summed E-state index contributed by atoms with van der Waals surface area (Å²) in [6.45, 7) is 2.28. The fourth-order valence-corrected chi connectivity index (χ4v) is 3.01. The molecule has 3 aromatic rings. The van der Waals surface area contributed by atoms with E-state index >= 15 is 0 Å². The lowest BCUT2D eigenvalue weighted by molar-refractivity contribution is -0.136. The number of anilines is 4. The van der Waals surface area contributed by atoms with Crippen LogP contribution in [0, 0.1) is 0 Å². The van der Waals surface area contributed by atoms with Crippen molar-refractivity contribution in [2.24, 2.45) is 0 Å². The zero-order chi connectivity index (χ0) is 23.6. The van der Waals surface area contributed by atoms with E-state index in [1.54, 1.807) is 30.3 Å². The number of rotatable bonds is 9. The number of aryl methyl sites for hydroxylation is 1. The molecule has 0 saturated heterocycles. The first kappa shape index (κ1) is 23.3. The number of aliphatic carboxylic acids is 1. The second-order valence-corrected chi connectivity index (χ2v) is 7.14. The third-order valence-corrected chi connectivity index (χ3v) is 4.62. The number of para-hydroxylation sites is 1. The number of amides is 3. The summed E-state index contributed by atoms with van der Waals surface area (Å²) in [6, 6.07) is 17.5. The Bertz CT molecular complexity index is 1120. The molecule has 5 N–H and O–H groups in total. The first-order chi connectivity index (χ1) is 15.9. The van der Waals surface area contributed by atoms with E-state index < -0.39 is 12.0 Å². The molecule has 3 amide bonds. The summed E-state index contributed by atoms with van der Waals surface area (Å²) in [5.74, 6) is -0.953. The minimum atomic E-state index is -0.858. The van der Waals surface area contributed by atoms with Gasteiger partial charge in [-0.25, -0.2) is 9.78 Å². The van der Waals surface area contributed by atoms with Crippen LogP contribution >= 0.6 is 0 Å². The maximum atomic E-state index is 13.0. The van der Waals surface area contributed by atoms with E-state index in [0.29, 0.717) is 30.2 Å². The largest absolute Gasteiger partial charge is 0.481 e. The van der Waals surface area contributed by atoms with E-state index in [0.717, 1.165) is 11.3 Å². The molecule has 0 aliphatic rings. The van der Waals surface area contributed by atoms with Gasteiger partial charge in [-0.15, -0.1) is 0 Å². The van der Waals surface area contributed by atoms with Crippen molar-refractivity contribution in [2.75, 3.05) is 22.5 Å². The van der Waals surface area contributed by atoms with Gasteiger partial charge in [-0.3, -0.25) is 14.9 Å². The molecule has 0 radical (unpaired) electrons. The molecule has 9 heteroatoms. The fourth-order valence-electron chi connectivity index (χ4n) is 3.01. The predicted molar refractivity (Wildman–Crippen MR) is 127 cm³/mol. The van der Waals surface area contributed by atoms with E-state index in [2.05, 4.69) is 26.3 Å². The molecule has 0 fully saturated rings. The van der Waals surface area contributed by atoms with Crippen LogP contribution in [-0.4, -0.2) is 34.5 Å². The lowest BCUT2D eigenvalue weighted by Crippen LogP contribution is -2.28. The molecule has 0 atom stereocenters. The second-order valence-electron chi connectivity index (χ2n) is 7.14. The number of carbonyl (C=O) groups is 3. The van der Waals surface area contributed by atoms with E-state index in [1.807, 2.05) is 37.3 Å². The molecule has 0 spiro atoms. The molecule has 0 aliphatic carbocycles. The van der Waals surface area contributed by atoms with Crippen LogP contribution in [0.3, 0.4) is 0 Å². The van der Waals surface area contributed by atoms with Crippen molar-refractivity contribution in [1.82, 2.24) is 10.3 Å². The standard InChI is InChI=1S/C24H25N5O4/c1-2-25-24(33)29-21-14-20(27-17-6-4-3-5-7-17)19(15-26-21)23(32)28-18-11-8-16(9-12-18)10-13-22(30)31/h3-9,11-12,14-15H,2,10,13H2,1H3,(H,28,32)(H,30,31)(H3,25,26,27,29,33). The van der Waals surface area contributed by atoms with Gasteiger partial charge in [-0.1, -0.05) is 30.3 Å². The number of aromatic nitrogens is 1. The maximum Gasteiger partial charge on any atom is 0.320 e. The zero-order valence-corrected chi connectivity index (χ0v) is 18.1. The van der Waals surface area contributed by atoms with Crippen molar-refractivity contribution in [1.29, 1.82) is 0 Å². The molecular weight excluding hydrogens is 422 g/mol. The summed E-state index contributed by atoms with van der Waals surface area (Å²) in [4.78, 5) is 39.8. The van der Waals surface area contributed by atoms with Gasteiger partial charge in [0, 0.05) is 36.6 Å². The summed E-state index contributed by atoms with van der Waals surface area (Å²) in [7, 11) is 0. The average molecular weight is 447 g/mol. The smallest absolute Gasteiger partial charge is 0.320 e. The van der Waals surface area contributed by atoms with Gasteiger partial charge in [0.2, 0.25) is 0 Å². The number of nitrogens with zero attached hydrogens (tertiary/aromatic N) is 1. The van der Waals surface area contributed by atoms with Crippen LogP contribution in [0.4, 0.5) is 27.7 Å². The number of pyridine rings is 1. The van der Waals surface area contributed by atoms with Crippen molar-refractivity contribution in [3.63, 3.8) is 0 Å². The summed E-state index contributed by atoms with van der Waals surface area (Å²) < 4.78 is 0. The second kappa shape index (κ2) is 11.3. The van der Waals surface area contributed by atoms with Crippen molar-refractivity contribution in [2.45, 2.75) is 19.8 Å². The van der Waals surface area contributed by atoms with Gasteiger partial charge < -0.3 is 21.1 Å². The Morgan fingerprint density at radius 2 is 1.67 bits per heavy atom. The van der Waals surface area contributed by atoms with Crippen molar-refractivity contribution < 1.29 is 19.5 Å². The Balaban J connectivity index is 1.80. The van der Waals surface area contributed by atoms with Gasteiger partial charge in [0.1, 0.15) is 5.82 Å². The quantitative estimate of drug-likeness (QED) is 0.333. The van der Waals surface area contributed by atoms with Gasteiger partial charge in [-0.2, -0.15) is 0 Å². The molecule has 1 aromatic heterocycles. The van der Waals surface area contributed by atoms with Crippen molar-refractivity contribution in [3.8, 4) is 0 Å². The first-order valence-electron chi connectivity index (χ1n) is 10.4. The normalized spacial score (nSPS) is 10.2. The molecule has 0 bridgehead atoms. The van der Waals surface area contributed by atoms with Crippen molar-refractivity contribution in [3.05, 3.63) is 78.0 Å². The summed E-state index contributed by atoms with van der Waals surface area (Å²) in [5, 5.41) is 20.1. The fraction of sp³-hybridized carbons (Fsp3) is 0.167. The molecule has 9 nitrogen and oxygen atoms in total. The number of carboxylic acid groups (broad SMARTS) is 1. The predicted octanol–water partition coefficient (Wildman–Crippen LogP) is 4.24. The Morgan fingerprint density at radius 3 is 2.33 bits per heavy atom. The zero-order valence-electron chi connectivity index (χ0n) is 18.1. The summed E-state index contributed by atoms with van der Waals surface area (Å²) in [5.41, 5.74) is 2.96. The SMILES string of the molecule is CCNC(=O)Nc1cc(Nc2ccccc2)c(C(=O)Nc2ccc(CCC(=O)O)cc2)cn1. The van der Waals surface area contributed by atoms with Crippen LogP contribution in [0.15, 0.2) is 66.9 Å². The Morgan fingerprint density at radius 1 is 0.939 bits per heavy atom. The minimum Gasteiger partial charge on any atom is -0.481 e. The van der Waals surface area contributed by atoms with Gasteiger partial charge in [0.15, 0.2) is 0 Å². The number of urea groups is 1. The molecule has 33 heavy (non-hydrogen) atoms. The number of hydrogen-bond acceptors (Lipinski definition) is 5. The van der Waals surface area contributed by atoms with Crippen LogP contribution in [-0.2, 0) is 11.2 Å². The van der Waals surface area contributed by atoms with Crippen LogP contribution in [0.25, 0.3) is 0 Å². The van der Waals surface area contributed by atoms with Gasteiger partial charge >= 0.3 is 12.0 Å². The van der Waals surface area contributed by atoms with Crippen molar-refractivity contribution >= 4 is 40.8 Å². The number of nitrogens with one attached hydrogen (secondary N) is 4. The summed E-state index contributed by atoms with van der Waals surface area (Å²) in [6.07, 6.45) is 1.85. The first-order valence-corrected chi connectivity index (χ1v) is 10.4. The average Bonchev–Trinajstić information content (AvgIpc) is 2.79. The molecule has 2 aromatic carbocycles. The minimum absolute atomic E-state index is 0.0442. The highest BCUT2D eigenvalue weighted by atomic mass is 16.4. The van der Waals surface area contributed by atoms with Gasteiger partial charge in [0.25, 0.3) is 5.91 Å². The molecule has 0 saturated carbocycles. The molecule has 0 unspecified atom stereocenters. The highest BCUT2D eigenvalue weighted by Crippen LogP contribution is 2.24. The highest BCUT2D eigenvalue weighted by Gasteiger charge is 2.15. The number of carboxylic acids is 1.